The first kappa shape index (κ1) is 16.1. The highest BCUT2D eigenvalue weighted by molar-refractivity contribution is 9.11. The second kappa shape index (κ2) is 5.23. The number of thiophene rings is 1. The maximum absolute atomic E-state index is 12.6. The van der Waals surface area contributed by atoms with Gasteiger partial charge in [-0.05, 0) is 41.3 Å². The molecule has 0 radical (unpaired) electrons. The van der Waals surface area contributed by atoms with Gasteiger partial charge in [-0.15, -0.1) is 11.3 Å². The zero-order valence-corrected chi connectivity index (χ0v) is 14.8. The molecule has 0 N–H and O–H groups in total. The van der Waals surface area contributed by atoms with Gasteiger partial charge in [0.15, 0.2) is 0 Å². The second-order valence-electron chi connectivity index (χ2n) is 5.53. The van der Waals surface area contributed by atoms with Crippen molar-refractivity contribution in [1.82, 2.24) is 4.31 Å². The summed E-state index contributed by atoms with van der Waals surface area (Å²) in [7, 11) is -1.77. The average Bonchev–Trinajstić information content (AvgIpc) is 2.54. The second-order valence-corrected chi connectivity index (χ2v) is 10.1. The number of aryl methyl sites for hydroxylation is 1. The Morgan fingerprint density at radius 2 is 1.89 bits per heavy atom. The van der Waals surface area contributed by atoms with Gasteiger partial charge < -0.3 is 0 Å². The van der Waals surface area contributed by atoms with Crippen LogP contribution < -0.4 is 0 Å². The van der Waals surface area contributed by atoms with Crippen LogP contribution in [-0.2, 0) is 10.0 Å². The van der Waals surface area contributed by atoms with Crippen LogP contribution in [-0.4, -0.2) is 25.8 Å². The van der Waals surface area contributed by atoms with Crippen LogP contribution in [0.2, 0.25) is 0 Å². The van der Waals surface area contributed by atoms with E-state index in [2.05, 4.69) is 15.9 Å². The van der Waals surface area contributed by atoms with E-state index < -0.39 is 10.0 Å². The first-order valence-corrected chi connectivity index (χ1v) is 8.77. The minimum absolute atomic E-state index is 0.0689. The Morgan fingerprint density at radius 3 is 2.22 bits per heavy atom. The molecule has 1 unspecified atom stereocenters. The Balaban J connectivity index is 3.19. The zero-order chi connectivity index (χ0) is 14.3. The molecular formula is C12H20BrNO2S2. The Hall–Kier alpha value is 0.0900. The van der Waals surface area contributed by atoms with Crippen LogP contribution >= 0.6 is 27.3 Å². The number of hydrogen-bond donors (Lipinski definition) is 0. The largest absolute Gasteiger partial charge is 0.244 e. The van der Waals surface area contributed by atoms with Crippen molar-refractivity contribution in [3.63, 3.8) is 0 Å². The molecule has 0 aliphatic heterocycles. The van der Waals surface area contributed by atoms with Crippen LogP contribution in [0.25, 0.3) is 0 Å². The smallest absolute Gasteiger partial charge is 0.207 e. The lowest BCUT2D eigenvalue weighted by atomic mass is 9.88. The van der Waals surface area contributed by atoms with Crippen molar-refractivity contribution < 1.29 is 8.42 Å². The molecule has 0 saturated heterocycles. The van der Waals surface area contributed by atoms with Gasteiger partial charge in [0.1, 0.15) is 0 Å². The molecule has 0 amide bonds. The summed E-state index contributed by atoms with van der Waals surface area (Å²) < 4.78 is 27.4. The van der Waals surface area contributed by atoms with Crippen molar-refractivity contribution in [2.75, 3.05) is 7.05 Å². The van der Waals surface area contributed by atoms with Crippen molar-refractivity contribution in [2.24, 2.45) is 5.41 Å². The van der Waals surface area contributed by atoms with E-state index in [9.17, 15) is 8.42 Å². The average molecular weight is 354 g/mol. The summed E-state index contributed by atoms with van der Waals surface area (Å²) >= 11 is 4.78. The van der Waals surface area contributed by atoms with Gasteiger partial charge >= 0.3 is 0 Å². The topological polar surface area (TPSA) is 37.4 Å². The van der Waals surface area contributed by atoms with Crippen molar-refractivity contribution >= 4 is 37.3 Å². The lowest BCUT2D eigenvalue weighted by molar-refractivity contribution is 0.216. The van der Waals surface area contributed by atoms with Crippen molar-refractivity contribution in [1.29, 1.82) is 0 Å². The Morgan fingerprint density at radius 1 is 1.39 bits per heavy atom. The SMILES string of the molecule is Cc1sc(Br)cc1S(=O)(=O)N(C)C(C)C(C)(C)C. The first-order valence-electron chi connectivity index (χ1n) is 5.72. The van der Waals surface area contributed by atoms with Gasteiger partial charge in [0.2, 0.25) is 10.0 Å². The monoisotopic (exact) mass is 353 g/mol. The van der Waals surface area contributed by atoms with Crippen molar-refractivity contribution in [2.45, 2.75) is 45.6 Å². The molecule has 0 saturated carbocycles. The minimum atomic E-state index is -3.42. The predicted molar refractivity (Wildman–Crippen MR) is 80.6 cm³/mol. The fourth-order valence-corrected chi connectivity index (χ4v) is 5.52. The molecule has 1 aromatic heterocycles. The Bertz CT molecular complexity index is 529. The van der Waals surface area contributed by atoms with E-state index in [1.807, 2.05) is 34.6 Å². The number of rotatable bonds is 3. The van der Waals surface area contributed by atoms with Crippen molar-refractivity contribution in [3.8, 4) is 0 Å². The van der Waals surface area contributed by atoms with Gasteiger partial charge in [-0.3, -0.25) is 0 Å². The summed E-state index contributed by atoms with van der Waals surface area (Å²) in [5.41, 5.74) is -0.0943. The van der Waals surface area contributed by atoms with Gasteiger partial charge in [0, 0.05) is 18.0 Å². The Labute approximate surface area is 122 Å². The van der Waals surface area contributed by atoms with Crippen molar-refractivity contribution in [3.05, 3.63) is 14.7 Å². The molecular weight excluding hydrogens is 334 g/mol. The summed E-state index contributed by atoms with van der Waals surface area (Å²) in [6.45, 7) is 9.90. The third kappa shape index (κ3) is 3.15. The standard InChI is InChI=1S/C12H20BrNO2S2/c1-8-10(7-11(13)17-8)18(15,16)14(6)9(2)12(3,4)5/h7,9H,1-6H3. The summed E-state index contributed by atoms with van der Waals surface area (Å²) in [6, 6.07) is 1.61. The van der Waals surface area contributed by atoms with Gasteiger partial charge in [0.25, 0.3) is 0 Å². The molecule has 3 nitrogen and oxygen atoms in total. The van der Waals surface area contributed by atoms with Crippen LogP contribution in [0.4, 0.5) is 0 Å². The zero-order valence-electron chi connectivity index (χ0n) is 11.6. The fraction of sp³-hybridized carbons (Fsp3) is 0.667. The molecule has 0 aliphatic carbocycles. The predicted octanol–water partition coefficient (Wildman–Crippen LogP) is 3.87. The van der Waals surface area contributed by atoms with Crippen LogP contribution in [0.15, 0.2) is 14.7 Å². The molecule has 0 fully saturated rings. The normalized spacial score (nSPS) is 15.1. The minimum Gasteiger partial charge on any atom is -0.207 e. The van der Waals surface area contributed by atoms with Crippen LogP contribution in [0.1, 0.15) is 32.6 Å². The van der Waals surface area contributed by atoms with Gasteiger partial charge in [-0.25, -0.2) is 8.42 Å². The maximum atomic E-state index is 12.6. The van der Waals surface area contributed by atoms with Crippen LogP contribution in [0.3, 0.4) is 0 Å². The number of halogens is 1. The third-order valence-corrected chi connectivity index (χ3v) is 7.03. The van der Waals surface area contributed by atoms with Crippen LogP contribution in [0.5, 0.6) is 0 Å². The molecule has 1 aromatic rings. The first-order chi connectivity index (χ1) is 7.98. The van der Waals surface area contributed by atoms with E-state index in [-0.39, 0.29) is 11.5 Å². The molecule has 6 heteroatoms. The van der Waals surface area contributed by atoms with Crippen LogP contribution in [0, 0.1) is 12.3 Å². The molecule has 0 spiro atoms. The summed E-state index contributed by atoms with van der Waals surface area (Å²) in [5, 5.41) is 0. The molecule has 0 aliphatic rings. The highest BCUT2D eigenvalue weighted by atomic mass is 79.9. The van der Waals surface area contributed by atoms with E-state index >= 15 is 0 Å². The Kier molecular flexibility index (Phi) is 4.69. The number of hydrogen-bond acceptors (Lipinski definition) is 3. The number of sulfonamides is 1. The number of nitrogens with zero attached hydrogens (tertiary/aromatic N) is 1. The quantitative estimate of drug-likeness (QED) is 0.826. The lowest BCUT2D eigenvalue weighted by Crippen LogP contribution is -2.42. The lowest BCUT2D eigenvalue weighted by Gasteiger charge is -2.34. The van der Waals surface area contributed by atoms with Gasteiger partial charge in [-0.2, -0.15) is 4.31 Å². The van der Waals surface area contributed by atoms with E-state index in [1.165, 1.54) is 15.6 Å². The highest BCUT2D eigenvalue weighted by Crippen LogP contribution is 2.34. The molecule has 104 valence electrons. The van der Waals surface area contributed by atoms with E-state index in [0.717, 1.165) is 8.66 Å². The van der Waals surface area contributed by atoms with E-state index in [4.69, 9.17) is 0 Å². The highest BCUT2D eigenvalue weighted by Gasteiger charge is 2.33. The molecule has 1 rings (SSSR count). The molecule has 0 bridgehead atoms. The van der Waals surface area contributed by atoms with E-state index in [0.29, 0.717) is 4.90 Å². The summed E-state index contributed by atoms with van der Waals surface area (Å²) in [4.78, 5) is 1.22. The third-order valence-electron chi connectivity index (χ3n) is 3.30. The summed E-state index contributed by atoms with van der Waals surface area (Å²) in [5.74, 6) is 0. The molecule has 18 heavy (non-hydrogen) atoms. The molecule has 0 aromatic carbocycles. The van der Waals surface area contributed by atoms with Gasteiger partial charge in [0.05, 0.1) is 8.68 Å². The van der Waals surface area contributed by atoms with Gasteiger partial charge in [-0.1, -0.05) is 20.8 Å². The summed E-state index contributed by atoms with van der Waals surface area (Å²) in [6.07, 6.45) is 0. The molecule has 1 heterocycles. The fourth-order valence-electron chi connectivity index (χ4n) is 1.60. The van der Waals surface area contributed by atoms with E-state index in [1.54, 1.807) is 13.1 Å². The maximum Gasteiger partial charge on any atom is 0.244 e. The molecule has 1 atom stereocenters.